The third-order valence-electron chi connectivity index (χ3n) is 2.58. The first kappa shape index (κ1) is 13.7. The van der Waals surface area contributed by atoms with Crippen molar-refractivity contribution < 1.29 is 0 Å². The summed E-state index contributed by atoms with van der Waals surface area (Å²) in [5.74, 6) is 2.48. The third-order valence-corrected chi connectivity index (χ3v) is 5.18. The summed E-state index contributed by atoms with van der Waals surface area (Å²) in [6, 6.07) is 2.07. The first-order valence-electron chi connectivity index (χ1n) is 6.24. The molecule has 0 aliphatic rings. The molecule has 8 heteroatoms. The van der Waals surface area contributed by atoms with Gasteiger partial charge in [0, 0.05) is 6.54 Å². The maximum atomic E-state index is 4.63. The molecule has 3 heterocycles. The van der Waals surface area contributed by atoms with Crippen molar-refractivity contribution in [3.05, 3.63) is 23.6 Å². The number of anilines is 1. The molecule has 0 fully saturated rings. The Labute approximate surface area is 129 Å². The zero-order valence-electron chi connectivity index (χ0n) is 10.9. The molecule has 3 aromatic rings. The summed E-state index contributed by atoms with van der Waals surface area (Å²) in [6.45, 7) is 3.07. The fourth-order valence-corrected chi connectivity index (χ4v) is 3.78. The highest BCUT2D eigenvalue weighted by Crippen LogP contribution is 2.28. The normalized spacial score (nSPS) is 11.1. The van der Waals surface area contributed by atoms with E-state index in [1.54, 1.807) is 29.4 Å². The van der Waals surface area contributed by atoms with Crippen molar-refractivity contribution in [2.24, 2.45) is 0 Å². The van der Waals surface area contributed by atoms with Gasteiger partial charge < -0.3 is 5.32 Å². The van der Waals surface area contributed by atoms with E-state index in [1.165, 1.54) is 11.5 Å². The lowest BCUT2D eigenvalue weighted by Gasteiger charge is -2.07. The Kier molecular flexibility index (Phi) is 4.44. The summed E-state index contributed by atoms with van der Waals surface area (Å²) in [5, 5.41) is 6.54. The molecule has 104 valence electrons. The fraction of sp³-hybridized carbons (Fsp3) is 0.333. The number of hydrogen-bond donors (Lipinski definition) is 1. The van der Waals surface area contributed by atoms with Crippen LogP contribution in [0.4, 0.5) is 5.82 Å². The molecular weight excluding hydrogens is 310 g/mol. The van der Waals surface area contributed by atoms with Gasteiger partial charge in [0.25, 0.3) is 0 Å². The van der Waals surface area contributed by atoms with Crippen LogP contribution in [0.5, 0.6) is 0 Å². The lowest BCUT2D eigenvalue weighted by Crippen LogP contribution is -2.05. The molecule has 0 unspecified atom stereocenters. The van der Waals surface area contributed by atoms with Gasteiger partial charge in [0.2, 0.25) is 0 Å². The lowest BCUT2D eigenvalue weighted by molar-refractivity contribution is 0.961. The molecule has 3 rings (SSSR count). The van der Waals surface area contributed by atoms with Crippen molar-refractivity contribution in [1.29, 1.82) is 0 Å². The molecule has 3 aromatic heterocycles. The molecule has 0 aliphatic heterocycles. The number of nitrogens with zero attached hydrogens (tertiary/aromatic N) is 4. The Hall–Kier alpha value is -1.25. The number of nitrogens with one attached hydrogen (secondary N) is 1. The van der Waals surface area contributed by atoms with Gasteiger partial charge in [-0.15, -0.1) is 11.3 Å². The van der Waals surface area contributed by atoms with Crippen molar-refractivity contribution in [2.75, 3.05) is 11.9 Å². The van der Waals surface area contributed by atoms with E-state index in [1.807, 2.05) is 0 Å². The molecule has 20 heavy (non-hydrogen) atoms. The summed E-state index contributed by atoms with van der Waals surface area (Å²) in [6.07, 6.45) is 2.65. The van der Waals surface area contributed by atoms with Crippen LogP contribution in [0, 0.1) is 0 Å². The Morgan fingerprint density at radius 1 is 1.35 bits per heavy atom. The quantitative estimate of drug-likeness (QED) is 0.699. The average molecular weight is 323 g/mol. The monoisotopic (exact) mass is 323 g/mol. The Bertz CT molecular complexity index is 680. The first-order valence-corrected chi connectivity index (χ1v) is 8.88. The SMILES string of the molecule is CCCNc1nc(CSc2ncns2)nc2sccc12. The number of aromatic nitrogens is 4. The van der Waals surface area contributed by atoms with Crippen LogP contribution in [0.2, 0.25) is 0 Å². The van der Waals surface area contributed by atoms with Gasteiger partial charge in [-0.05, 0) is 29.4 Å². The zero-order chi connectivity index (χ0) is 13.8. The van der Waals surface area contributed by atoms with Crippen molar-refractivity contribution in [1.82, 2.24) is 19.3 Å². The molecule has 5 nitrogen and oxygen atoms in total. The Morgan fingerprint density at radius 2 is 2.30 bits per heavy atom. The van der Waals surface area contributed by atoms with E-state index in [-0.39, 0.29) is 0 Å². The van der Waals surface area contributed by atoms with Gasteiger partial charge in [-0.3, -0.25) is 0 Å². The predicted molar refractivity (Wildman–Crippen MR) is 85.7 cm³/mol. The van der Waals surface area contributed by atoms with Crippen LogP contribution in [0.3, 0.4) is 0 Å². The number of hydrogen-bond acceptors (Lipinski definition) is 8. The second kappa shape index (κ2) is 6.47. The van der Waals surface area contributed by atoms with E-state index in [4.69, 9.17) is 0 Å². The molecule has 0 bridgehead atoms. The molecule has 0 amide bonds. The molecule has 0 spiro atoms. The third kappa shape index (κ3) is 3.08. The van der Waals surface area contributed by atoms with Crippen LogP contribution >= 0.6 is 34.6 Å². The van der Waals surface area contributed by atoms with Crippen LogP contribution in [0.15, 0.2) is 22.1 Å². The van der Waals surface area contributed by atoms with Crippen molar-refractivity contribution in [3.63, 3.8) is 0 Å². The van der Waals surface area contributed by atoms with Crippen LogP contribution in [-0.4, -0.2) is 25.9 Å². The van der Waals surface area contributed by atoms with Gasteiger partial charge in [0.1, 0.15) is 22.8 Å². The predicted octanol–water partition coefficient (Wildman–Crippen LogP) is 3.66. The van der Waals surface area contributed by atoms with Gasteiger partial charge in [0.05, 0.1) is 11.1 Å². The first-order chi connectivity index (χ1) is 9.86. The summed E-state index contributed by atoms with van der Waals surface area (Å²) in [5.41, 5.74) is 0. The lowest BCUT2D eigenvalue weighted by atomic mass is 10.3. The smallest absolute Gasteiger partial charge is 0.170 e. The molecule has 0 saturated heterocycles. The Morgan fingerprint density at radius 3 is 3.10 bits per heavy atom. The molecule has 0 atom stereocenters. The van der Waals surface area contributed by atoms with E-state index >= 15 is 0 Å². The number of thioether (sulfide) groups is 1. The summed E-state index contributed by atoms with van der Waals surface area (Å²) in [7, 11) is 0. The maximum absolute atomic E-state index is 4.63. The van der Waals surface area contributed by atoms with Gasteiger partial charge in [-0.25, -0.2) is 15.0 Å². The second-order valence-corrected chi connectivity index (χ2v) is 6.95. The minimum Gasteiger partial charge on any atom is -0.369 e. The molecule has 0 saturated carbocycles. The maximum Gasteiger partial charge on any atom is 0.170 e. The fourth-order valence-electron chi connectivity index (χ4n) is 1.70. The molecule has 1 N–H and O–H groups in total. The summed E-state index contributed by atoms with van der Waals surface area (Å²) >= 11 is 4.67. The minimum absolute atomic E-state index is 0.712. The van der Waals surface area contributed by atoms with Crippen LogP contribution in [0.1, 0.15) is 19.2 Å². The van der Waals surface area contributed by atoms with Gasteiger partial charge in [-0.1, -0.05) is 18.7 Å². The highest BCUT2D eigenvalue weighted by molar-refractivity contribution is 8.00. The largest absolute Gasteiger partial charge is 0.369 e. The van der Waals surface area contributed by atoms with Gasteiger partial charge >= 0.3 is 0 Å². The summed E-state index contributed by atoms with van der Waals surface area (Å²) < 4.78 is 4.94. The van der Waals surface area contributed by atoms with Crippen LogP contribution in [-0.2, 0) is 5.75 Å². The number of thiophene rings is 1. The van der Waals surface area contributed by atoms with E-state index in [0.29, 0.717) is 5.75 Å². The van der Waals surface area contributed by atoms with E-state index in [9.17, 15) is 0 Å². The summed E-state index contributed by atoms with van der Waals surface area (Å²) in [4.78, 5) is 14.4. The van der Waals surface area contributed by atoms with Gasteiger partial charge in [-0.2, -0.15) is 4.37 Å². The average Bonchev–Trinajstić information content (AvgIpc) is 3.13. The molecule has 0 aliphatic carbocycles. The van der Waals surface area contributed by atoms with Crippen LogP contribution < -0.4 is 5.32 Å². The number of rotatable bonds is 6. The van der Waals surface area contributed by atoms with Gasteiger partial charge in [0.15, 0.2) is 4.34 Å². The molecular formula is C12H13N5S3. The highest BCUT2D eigenvalue weighted by atomic mass is 32.2. The standard InChI is InChI=1S/C12H13N5S3/c1-2-4-13-10-8-3-5-18-11(8)17-9(16-10)6-19-12-14-7-15-20-12/h3,5,7H,2,4,6H2,1H3,(H,13,16,17). The second-order valence-electron chi connectivity index (χ2n) is 4.05. The molecule has 0 radical (unpaired) electrons. The van der Waals surface area contributed by atoms with Crippen LogP contribution in [0.25, 0.3) is 10.2 Å². The highest BCUT2D eigenvalue weighted by Gasteiger charge is 2.09. The zero-order valence-corrected chi connectivity index (χ0v) is 13.3. The van der Waals surface area contributed by atoms with Crippen molar-refractivity contribution >= 4 is 50.7 Å². The van der Waals surface area contributed by atoms with Crippen molar-refractivity contribution in [2.45, 2.75) is 23.4 Å². The van der Waals surface area contributed by atoms with E-state index < -0.39 is 0 Å². The Balaban J connectivity index is 1.83. The van der Waals surface area contributed by atoms with Crippen molar-refractivity contribution in [3.8, 4) is 0 Å². The number of fused-ring (bicyclic) bond motifs is 1. The minimum atomic E-state index is 0.712. The molecule has 0 aromatic carbocycles. The topological polar surface area (TPSA) is 63.6 Å². The van der Waals surface area contributed by atoms with E-state index in [2.05, 4.69) is 43.0 Å². The van der Waals surface area contributed by atoms with E-state index in [0.717, 1.165) is 39.2 Å².